The van der Waals surface area contributed by atoms with E-state index in [-0.39, 0.29) is 0 Å². The van der Waals surface area contributed by atoms with E-state index in [9.17, 15) is 0 Å². The summed E-state index contributed by atoms with van der Waals surface area (Å²) in [5.41, 5.74) is 3.21. The van der Waals surface area contributed by atoms with E-state index in [1.165, 1.54) is 38.5 Å². The van der Waals surface area contributed by atoms with E-state index in [0.717, 1.165) is 23.9 Å². The molecule has 0 saturated carbocycles. The minimum Gasteiger partial charge on any atom is -0.311 e. The number of benzene rings is 1. The first kappa shape index (κ1) is 13.2. The molecule has 4 rings (SSSR count). The van der Waals surface area contributed by atoms with Crippen LogP contribution in [0.1, 0.15) is 50.7 Å². The molecule has 0 aromatic heterocycles. The third-order valence-corrected chi connectivity index (χ3v) is 5.03. The summed E-state index contributed by atoms with van der Waals surface area (Å²) >= 11 is 0. The van der Waals surface area contributed by atoms with Gasteiger partial charge in [-0.1, -0.05) is 38.1 Å². The van der Waals surface area contributed by atoms with E-state index in [1.807, 2.05) is 0 Å². The summed E-state index contributed by atoms with van der Waals surface area (Å²) in [6.07, 6.45) is 8.05. The number of fused-ring (bicyclic) bond motifs is 2. The Balaban J connectivity index is 1.77. The maximum Gasteiger partial charge on any atom is 0.0110 e. The minimum absolute atomic E-state index is 0.717. The highest BCUT2D eigenvalue weighted by molar-refractivity contribution is 5.30. The van der Waals surface area contributed by atoms with Crippen LogP contribution in [0, 0.1) is 11.8 Å². The molecule has 1 saturated heterocycles. The third kappa shape index (κ3) is 3.02. The largest absolute Gasteiger partial charge is 0.311 e. The van der Waals surface area contributed by atoms with E-state index < -0.39 is 0 Å². The highest BCUT2D eigenvalue weighted by atomic mass is 15.0. The molecule has 0 unspecified atom stereocenters. The molecule has 0 spiro atoms. The van der Waals surface area contributed by atoms with Crippen molar-refractivity contribution in [2.45, 2.75) is 64.5 Å². The van der Waals surface area contributed by atoms with Crippen LogP contribution in [0.5, 0.6) is 0 Å². The molecule has 1 N–H and O–H groups in total. The molecule has 1 heteroatoms. The molecular formula is C18H27N. The van der Waals surface area contributed by atoms with Crippen LogP contribution in [-0.2, 0) is 12.8 Å². The van der Waals surface area contributed by atoms with Gasteiger partial charge in [0.05, 0.1) is 0 Å². The Bertz CT molecular complexity index is 423. The average molecular weight is 257 g/mol. The zero-order valence-corrected chi connectivity index (χ0v) is 12.4. The maximum absolute atomic E-state index is 3.95. The lowest BCUT2D eigenvalue weighted by Gasteiger charge is -2.41. The zero-order valence-electron chi connectivity index (χ0n) is 12.4. The summed E-state index contributed by atoms with van der Waals surface area (Å²) in [5.74, 6) is 1.69. The fourth-order valence-corrected chi connectivity index (χ4v) is 3.88. The van der Waals surface area contributed by atoms with Crippen LogP contribution in [0.2, 0.25) is 0 Å². The second-order valence-electron chi connectivity index (χ2n) is 6.96. The Morgan fingerprint density at radius 3 is 2.58 bits per heavy atom. The molecule has 19 heavy (non-hydrogen) atoms. The van der Waals surface area contributed by atoms with Crippen LogP contribution in [0.3, 0.4) is 0 Å². The first-order chi connectivity index (χ1) is 9.22. The molecule has 104 valence electrons. The van der Waals surface area contributed by atoms with Gasteiger partial charge in [0.2, 0.25) is 0 Å². The molecule has 1 aromatic carbocycles. The van der Waals surface area contributed by atoms with Gasteiger partial charge >= 0.3 is 0 Å². The van der Waals surface area contributed by atoms with Gasteiger partial charge in [-0.25, -0.2) is 0 Å². The van der Waals surface area contributed by atoms with Crippen molar-refractivity contribution in [1.29, 1.82) is 0 Å². The SMILES string of the molecule is CC(C)CC[C@@H]1N[C@@H]2CC[C@H]1Cc1ccccc1C2. The topological polar surface area (TPSA) is 12.0 Å². The predicted octanol–water partition coefficient (Wildman–Crippen LogP) is 3.96. The van der Waals surface area contributed by atoms with Crippen LogP contribution < -0.4 is 5.32 Å². The average Bonchev–Trinajstić information content (AvgIpc) is 2.36. The Hall–Kier alpha value is -0.820. The number of hydrogen-bond acceptors (Lipinski definition) is 1. The standard InChI is InChI=1S/C18H27N/c1-13(2)7-10-18-16-8-9-17(19-18)12-15-6-4-3-5-14(15)11-16/h3-6,13,16-19H,7-12H2,1-2H3/t16-,17+,18-/m0/s1. The zero-order chi connectivity index (χ0) is 13.2. The summed E-state index contributed by atoms with van der Waals surface area (Å²) in [6.45, 7) is 4.69. The van der Waals surface area contributed by atoms with Gasteiger partial charge < -0.3 is 5.32 Å². The first-order valence-electron chi connectivity index (χ1n) is 8.05. The van der Waals surface area contributed by atoms with Gasteiger partial charge in [0.25, 0.3) is 0 Å². The van der Waals surface area contributed by atoms with Crippen molar-refractivity contribution in [2.24, 2.45) is 11.8 Å². The van der Waals surface area contributed by atoms with Gasteiger partial charge in [-0.15, -0.1) is 0 Å². The molecule has 0 radical (unpaired) electrons. The molecule has 3 atom stereocenters. The highest BCUT2D eigenvalue weighted by Crippen LogP contribution is 2.32. The van der Waals surface area contributed by atoms with E-state index in [4.69, 9.17) is 0 Å². The van der Waals surface area contributed by atoms with Gasteiger partial charge in [-0.05, 0) is 61.5 Å². The number of rotatable bonds is 3. The van der Waals surface area contributed by atoms with E-state index in [2.05, 4.69) is 43.4 Å². The second-order valence-corrected chi connectivity index (χ2v) is 6.96. The molecule has 1 aromatic rings. The quantitative estimate of drug-likeness (QED) is 0.864. The second kappa shape index (κ2) is 5.66. The minimum atomic E-state index is 0.717. The molecule has 1 nitrogen and oxygen atoms in total. The molecule has 2 heterocycles. The molecular weight excluding hydrogens is 230 g/mol. The Kier molecular flexibility index (Phi) is 3.93. The first-order valence-corrected chi connectivity index (χ1v) is 8.05. The highest BCUT2D eigenvalue weighted by Gasteiger charge is 2.32. The van der Waals surface area contributed by atoms with Crippen molar-refractivity contribution in [3.8, 4) is 0 Å². The fourth-order valence-electron chi connectivity index (χ4n) is 3.88. The van der Waals surface area contributed by atoms with Gasteiger partial charge in [-0.2, -0.15) is 0 Å². The predicted molar refractivity (Wildman–Crippen MR) is 81.4 cm³/mol. The Labute approximate surface area is 117 Å². The maximum atomic E-state index is 3.95. The van der Waals surface area contributed by atoms with Gasteiger partial charge in [0.15, 0.2) is 0 Å². The van der Waals surface area contributed by atoms with Crippen molar-refractivity contribution < 1.29 is 0 Å². The summed E-state index contributed by atoms with van der Waals surface area (Å²) < 4.78 is 0. The van der Waals surface area contributed by atoms with Gasteiger partial charge in [0.1, 0.15) is 0 Å². The third-order valence-electron chi connectivity index (χ3n) is 5.03. The lowest BCUT2D eigenvalue weighted by Crippen LogP contribution is -2.50. The molecule has 1 aliphatic carbocycles. The lowest BCUT2D eigenvalue weighted by atomic mass is 9.75. The van der Waals surface area contributed by atoms with Crippen molar-refractivity contribution >= 4 is 0 Å². The monoisotopic (exact) mass is 257 g/mol. The summed E-state index contributed by atoms with van der Waals surface area (Å²) in [6, 6.07) is 10.6. The van der Waals surface area contributed by atoms with Crippen LogP contribution in [-0.4, -0.2) is 12.1 Å². The summed E-state index contributed by atoms with van der Waals surface area (Å²) in [5, 5.41) is 3.95. The van der Waals surface area contributed by atoms with Gasteiger partial charge in [-0.3, -0.25) is 0 Å². The lowest BCUT2D eigenvalue weighted by molar-refractivity contribution is 0.202. The van der Waals surface area contributed by atoms with Crippen molar-refractivity contribution in [2.75, 3.05) is 0 Å². The molecule has 3 aliphatic rings. The van der Waals surface area contributed by atoms with Crippen molar-refractivity contribution in [1.82, 2.24) is 5.32 Å². The van der Waals surface area contributed by atoms with Crippen molar-refractivity contribution in [3.63, 3.8) is 0 Å². The molecule has 0 amide bonds. The number of hydrogen-bond donors (Lipinski definition) is 1. The normalized spacial score (nSPS) is 29.9. The molecule has 2 bridgehead atoms. The number of piperidine rings is 1. The van der Waals surface area contributed by atoms with E-state index in [0.29, 0.717) is 0 Å². The van der Waals surface area contributed by atoms with Crippen LogP contribution in [0.25, 0.3) is 0 Å². The smallest absolute Gasteiger partial charge is 0.0110 e. The Morgan fingerprint density at radius 2 is 1.84 bits per heavy atom. The summed E-state index contributed by atoms with van der Waals surface area (Å²) in [7, 11) is 0. The molecule has 1 fully saturated rings. The van der Waals surface area contributed by atoms with Crippen LogP contribution >= 0.6 is 0 Å². The van der Waals surface area contributed by atoms with Crippen LogP contribution in [0.15, 0.2) is 24.3 Å². The number of nitrogens with one attached hydrogen (secondary N) is 1. The van der Waals surface area contributed by atoms with E-state index >= 15 is 0 Å². The fraction of sp³-hybridized carbons (Fsp3) is 0.667. The van der Waals surface area contributed by atoms with E-state index in [1.54, 1.807) is 11.1 Å². The molecule has 2 aliphatic heterocycles. The summed E-state index contributed by atoms with van der Waals surface area (Å²) in [4.78, 5) is 0. The van der Waals surface area contributed by atoms with Crippen molar-refractivity contribution in [3.05, 3.63) is 35.4 Å². The van der Waals surface area contributed by atoms with Crippen LogP contribution in [0.4, 0.5) is 0 Å². The Morgan fingerprint density at radius 1 is 1.11 bits per heavy atom. The van der Waals surface area contributed by atoms with Gasteiger partial charge in [0, 0.05) is 12.1 Å².